The van der Waals surface area contributed by atoms with Gasteiger partial charge in [-0.05, 0) is 25.2 Å². The Balaban J connectivity index is 6.11. The minimum absolute atomic E-state index is 0.00364. The van der Waals surface area contributed by atoms with Crippen molar-refractivity contribution >= 4 is 59.2 Å². The lowest BCUT2D eigenvalue weighted by Gasteiger charge is -2.26. The van der Waals surface area contributed by atoms with Crippen LogP contribution in [0.3, 0.4) is 0 Å². The molecule has 294 valence electrons. The summed E-state index contributed by atoms with van der Waals surface area (Å²) >= 11 is 0. The van der Waals surface area contributed by atoms with E-state index in [4.69, 9.17) is 28.0 Å². The molecule has 0 aromatic carbocycles. The van der Waals surface area contributed by atoms with Gasteiger partial charge in [0.05, 0.1) is 32.1 Å². The van der Waals surface area contributed by atoms with E-state index in [9.17, 15) is 58.5 Å². The summed E-state index contributed by atoms with van der Waals surface area (Å²) in [6.45, 7) is 0.482. The van der Waals surface area contributed by atoms with Crippen LogP contribution < -0.4 is 54.8 Å². The van der Waals surface area contributed by atoms with Gasteiger partial charge in [0.25, 0.3) is 0 Å². The Bertz CT molecular complexity index is 1320. The molecule has 18 N–H and O–H groups in total. The van der Waals surface area contributed by atoms with Crippen LogP contribution in [-0.4, -0.2) is 142 Å². The number of carboxylic acid groups (broad SMARTS) is 2. The lowest BCUT2D eigenvalue weighted by atomic mass is 10.0. The summed E-state index contributed by atoms with van der Waals surface area (Å²) in [5.41, 5.74) is 21.1. The molecule has 0 saturated carbocycles. The number of carboxylic acids is 2. The van der Waals surface area contributed by atoms with Gasteiger partial charge in [-0.2, -0.15) is 0 Å². The van der Waals surface area contributed by atoms with E-state index in [1.54, 1.807) is 13.8 Å². The van der Waals surface area contributed by atoms with Gasteiger partial charge in [-0.1, -0.05) is 13.8 Å². The summed E-state index contributed by atoms with van der Waals surface area (Å²) in [5.74, 6) is -10.9. The third-order valence-electron chi connectivity index (χ3n) is 6.73. The second-order valence-corrected chi connectivity index (χ2v) is 11.7. The van der Waals surface area contributed by atoms with E-state index in [0.29, 0.717) is 0 Å². The molecule has 0 aromatic rings. The van der Waals surface area contributed by atoms with Crippen LogP contribution in [0.25, 0.3) is 0 Å². The fraction of sp³-hybridized carbons (Fsp3) is 0.643. The molecule has 24 heteroatoms. The number of rotatable bonds is 25. The molecule has 7 amide bonds. The fourth-order valence-electron chi connectivity index (χ4n) is 4.21. The number of amides is 7. The van der Waals surface area contributed by atoms with Gasteiger partial charge in [0.1, 0.15) is 36.8 Å². The first-order chi connectivity index (χ1) is 24.2. The number of primary amides is 1. The van der Waals surface area contributed by atoms with E-state index in [2.05, 4.69) is 36.9 Å². The second-order valence-electron chi connectivity index (χ2n) is 11.7. The van der Waals surface area contributed by atoms with E-state index in [1.165, 1.54) is 0 Å². The van der Waals surface area contributed by atoms with Crippen molar-refractivity contribution in [2.75, 3.05) is 26.3 Å². The highest BCUT2D eigenvalue weighted by atomic mass is 16.4. The molecule has 0 saturated heterocycles. The van der Waals surface area contributed by atoms with Gasteiger partial charge >= 0.3 is 11.9 Å². The van der Waals surface area contributed by atoms with Crippen molar-refractivity contribution in [3.05, 3.63) is 0 Å². The van der Waals surface area contributed by atoms with E-state index in [-0.39, 0.29) is 37.7 Å². The van der Waals surface area contributed by atoms with Crippen molar-refractivity contribution in [1.82, 2.24) is 31.9 Å². The number of nitrogens with one attached hydrogen (secondary N) is 6. The topological polar surface area (TPSA) is 423 Å². The molecular formula is C28H49N11O13. The maximum Gasteiger partial charge on any atom is 0.322 e. The molecule has 0 aliphatic rings. The lowest BCUT2D eigenvalue weighted by Crippen LogP contribution is -2.60. The van der Waals surface area contributed by atoms with Crippen LogP contribution in [0, 0.1) is 5.92 Å². The summed E-state index contributed by atoms with van der Waals surface area (Å²) in [5, 5.41) is 50.7. The summed E-state index contributed by atoms with van der Waals surface area (Å²) < 4.78 is 0. The number of aliphatic hydroxyl groups excluding tert-OH is 2. The highest BCUT2D eigenvalue weighted by Crippen LogP contribution is 2.08. The molecule has 0 heterocycles. The normalized spacial score (nSPS) is 14.2. The molecule has 0 rings (SSSR count). The number of guanidine groups is 1. The van der Waals surface area contributed by atoms with Crippen LogP contribution in [0.2, 0.25) is 0 Å². The van der Waals surface area contributed by atoms with Crippen LogP contribution >= 0.6 is 0 Å². The molecule has 52 heavy (non-hydrogen) atoms. The first-order valence-corrected chi connectivity index (χ1v) is 15.8. The van der Waals surface area contributed by atoms with Crippen molar-refractivity contribution in [2.45, 2.75) is 82.2 Å². The van der Waals surface area contributed by atoms with E-state index in [0.717, 1.165) is 0 Å². The van der Waals surface area contributed by atoms with Crippen LogP contribution in [0.15, 0.2) is 4.99 Å². The number of carbonyl (C=O) groups excluding carboxylic acids is 7. The molecule has 0 fully saturated rings. The zero-order valence-corrected chi connectivity index (χ0v) is 28.6. The molecule has 0 spiro atoms. The van der Waals surface area contributed by atoms with Gasteiger partial charge in [0, 0.05) is 6.54 Å². The SMILES string of the molecule is CC(C)C[C@H](NC(=O)[C@H](CC(=O)O)NC(=O)[C@H](CCCN=C(N)N)NC(=O)[C@H](CO)NC(=O)[C@H](CO)NC(=O)[C@@H](N)CC(N)=O)C(=O)NCC(=O)O. The maximum atomic E-state index is 13.4. The number of hydrogen-bond acceptors (Lipinski definition) is 13. The van der Waals surface area contributed by atoms with Crippen molar-refractivity contribution in [3.8, 4) is 0 Å². The van der Waals surface area contributed by atoms with Gasteiger partial charge in [-0.15, -0.1) is 0 Å². The Morgan fingerprint density at radius 3 is 1.54 bits per heavy atom. The molecule has 6 atom stereocenters. The Hall–Kier alpha value is -5.62. The summed E-state index contributed by atoms with van der Waals surface area (Å²) in [7, 11) is 0. The number of nitrogens with zero attached hydrogens (tertiary/aromatic N) is 1. The largest absolute Gasteiger partial charge is 0.481 e. The van der Waals surface area contributed by atoms with Gasteiger partial charge in [-0.25, -0.2) is 0 Å². The fourth-order valence-corrected chi connectivity index (χ4v) is 4.21. The number of carbonyl (C=O) groups is 9. The lowest BCUT2D eigenvalue weighted by molar-refractivity contribution is -0.142. The zero-order valence-electron chi connectivity index (χ0n) is 28.6. The number of aliphatic hydroxyl groups is 2. The molecule has 0 unspecified atom stereocenters. The van der Waals surface area contributed by atoms with Crippen molar-refractivity contribution < 1.29 is 63.6 Å². The third-order valence-corrected chi connectivity index (χ3v) is 6.73. The minimum Gasteiger partial charge on any atom is -0.481 e. The Labute approximate surface area is 297 Å². The highest BCUT2D eigenvalue weighted by Gasteiger charge is 2.33. The quantitative estimate of drug-likeness (QED) is 0.0234. The van der Waals surface area contributed by atoms with E-state index in [1.807, 2.05) is 0 Å². The highest BCUT2D eigenvalue weighted by molar-refractivity contribution is 5.98. The van der Waals surface area contributed by atoms with Crippen LogP contribution in [0.5, 0.6) is 0 Å². The Morgan fingerprint density at radius 1 is 0.615 bits per heavy atom. The average Bonchev–Trinajstić information content (AvgIpc) is 3.04. The standard InChI is InChI=1S/C28H49N11O13/c1-12(2)6-15(23(48)34-9-21(45)46)36-25(50)16(8-20(43)44)37-24(49)14(4-3-5-33-28(31)32)35-26(51)18(11-41)39-27(52)17(10-40)38-22(47)13(29)7-19(30)42/h12-18,40-41H,3-11,29H2,1-2H3,(H2,30,42)(H,34,48)(H,35,51)(H,36,50)(H,37,49)(H,38,47)(H,39,52)(H,43,44)(H,45,46)(H4,31,32,33)/t13-,14-,15-,16-,17-,18-/m0/s1. The predicted molar refractivity (Wildman–Crippen MR) is 178 cm³/mol. The molecule has 0 aromatic heterocycles. The summed E-state index contributed by atoms with van der Waals surface area (Å²) in [6, 6.07) is -9.72. The molecule has 0 radical (unpaired) electrons. The maximum absolute atomic E-state index is 13.4. The smallest absolute Gasteiger partial charge is 0.322 e. The molecular weight excluding hydrogens is 698 g/mol. The Kier molecular flexibility index (Phi) is 21.2. The number of aliphatic carboxylic acids is 2. The minimum atomic E-state index is -1.83. The molecule has 0 bridgehead atoms. The van der Waals surface area contributed by atoms with Crippen LogP contribution in [-0.2, 0) is 43.2 Å². The second kappa shape index (κ2) is 23.7. The number of nitrogens with two attached hydrogens (primary N) is 4. The van der Waals surface area contributed by atoms with Crippen LogP contribution in [0.4, 0.5) is 0 Å². The first kappa shape index (κ1) is 46.4. The molecule has 0 aliphatic heterocycles. The van der Waals surface area contributed by atoms with Gasteiger partial charge in [0.15, 0.2) is 5.96 Å². The van der Waals surface area contributed by atoms with Crippen molar-refractivity contribution in [1.29, 1.82) is 0 Å². The molecule has 24 nitrogen and oxygen atoms in total. The Morgan fingerprint density at radius 2 is 1.08 bits per heavy atom. The summed E-state index contributed by atoms with van der Waals surface area (Å²) in [6.07, 6.45) is -1.81. The van der Waals surface area contributed by atoms with Gasteiger partial charge < -0.3 is 75.3 Å². The number of hydrogen-bond donors (Lipinski definition) is 14. The number of aliphatic imine (C=N–C) groups is 1. The average molecular weight is 748 g/mol. The third kappa shape index (κ3) is 19.0. The van der Waals surface area contributed by atoms with Gasteiger partial charge in [-0.3, -0.25) is 48.1 Å². The molecule has 0 aliphatic carbocycles. The van der Waals surface area contributed by atoms with E-state index < -0.39 is 122 Å². The van der Waals surface area contributed by atoms with Crippen LogP contribution in [0.1, 0.15) is 46.0 Å². The monoisotopic (exact) mass is 747 g/mol. The first-order valence-electron chi connectivity index (χ1n) is 15.8. The summed E-state index contributed by atoms with van der Waals surface area (Å²) in [4.78, 5) is 115. The van der Waals surface area contributed by atoms with E-state index >= 15 is 0 Å². The van der Waals surface area contributed by atoms with Gasteiger partial charge in [0.2, 0.25) is 41.4 Å². The van der Waals surface area contributed by atoms with Crippen molar-refractivity contribution in [2.24, 2.45) is 33.8 Å². The van der Waals surface area contributed by atoms with Crippen molar-refractivity contribution in [3.63, 3.8) is 0 Å². The predicted octanol–water partition coefficient (Wildman–Crippen LogP) is -7.63. The zero-order chi connectivity index (χ0) is 40.1.